The van der Waals surface area contributed by atoms with E-state index in [0.717, 1.165) is 16.7 Å². The minimum absolute atomic E-state index is 0.0271. The van der Waals surface area contributed by atoms with Gasteiger partial charge in [0, 0.05) is 25.6 Å². The lowest BCUT2D eigenvalue weighted by atomic mass is 9.91. The second kappa shape index (κ2) is 13.2. The van der Waals surface area contributed by atoms with Crippen molar-refractivity contribution in [2.24, 2.45) is 16.5 Å². The lowest BCUT2D eigenvalue weighted by Gasteiger charge is -2.38. The van der Waals surface area contributed by atoms with Gasteiger partial charge in [-0.25, -0.2) is 0 Å². The number of amides is 3. The van der Waals surface area contributed by atoms with Crippen LogP contribution in [0.4, 0.5) is 0 Å². The predicted molar refractivity (Wildman–Crippen MR) is 150 cm³/mol. The SMILES string of the molecule is NC(N)=NCCCC1NC(=O)C(C(=O)NCC(c2ccccc2)c2ccccc2)N(Cc2ccccc2)C1=O. The van der Waals surface area contributed by atoms with Gasteiger partial charge in [0.1, 0.15) is 6.04 Å². The molecule has 3 aromatic rings. The zero-order chi connectivity index (χ0) is 27.6. The first kappa shape index (κ1) is 27.4. The monoisotopic (exact) mass is 526 g/mol. The predicted octanol–water partition coefficient (Wildman–Crippen LogP) is 1.88. The Balaban J connectivity index is 1.53. The quantitative estimate of drug-likeness (QED) is 0.131. The van der Waals surface area contributed by atoms with E-state index >= 15 is 0 Å². The first-order valence-corrected chi connectivity index (χ1v) is 13.0. The normalized spacial score (nSPS) is 17.0. The number of guanidine groups is 1. The minimum Gasteiger partial charge on any atom is -0.370 e. The molecule has 1 saturated heterocycles. The summed E-state index contributed by atoms with van der Waals surface area (Å²) in [7, 11) is 0. The van der Waals surface area contributed by atoms with Crippen LogP contribution in [0.15, 0.2) is 96.0 Å². The molecule has 0 saturated carbocycles. The Kier molecular flexibility index (Phi) is 9.29. The van der Waals surface area contributed by atoms with Crippen LogP contribution in [0.2, 0.25) is 0 Å². The summed E-state index contributed by atoms with van der Waals surface area (Å²) >= 11 is 0. The van der Waals surface area contributed by atoms with Crippen LogP contribution >= 0.6 is 0 Å². The first-order chi connectivity index (χ1) is 18.9. The third-order valence-electron chi connectivity index (χ3n) is 6.73. The molecule has 202 valence electrons. The lowest BCUT2D eigenvalue weighted by Crippen LogP contribution is -2.67. The second-order valence-electron chi connectivity index (χ2n) is 9.48. The summed E-state index contributed by atoms with van der Waals surface area (Å²) in [5.74, 6) is -1.49. The van der Waals surface area contributed by atoms with Crippen molar-refractivity contribution in [1.29, 1.82) is 0 Å². The standard InChI is InChI=1S/C30H34N6O3/c31-30(32)33-18-10-17-25-29(39)36(20-21-11-4-1-5-12-21)26(28(38)35-25)27(37)34-19-24(22-13-6-2-7-14-22)23-15-8-3-9-16-23/h1-9,11-16,24-26H,10,17-20H2,(H,34,37)(H,35,38)(H4,31,32,33). The zero-order valence-corrected chi connectivity index (χ0v) is 21.7. The van der Waals surface area contributed by atoms with Crippen LogP contribution in [-0.2, 0) is 20.9 Å². The average molecular weight is 527 g/mol. The van der Waals surface area contributed by atoms with Crippen molar-refractivity contribution in [3.05, 3.63) is 108 Å². The van der Waals surface area contributed by atoms with Gasteiger partial charge in [-0.3, -0.25) is 19.4 Å². The number of carbonyl (C=O) groups excluding carboxylic acids is 3. The Morgan fingerprint density at radius 3 is 2.03 bits per heavy atom. The summed E-state index contributed by atoms with van der Waals surface area (Å²) in [6, 6.07) is 27.0. The van der Waals surface area contributed by atoms with E-state index in [1.807, 2.05) is 91.0 Å². The third-order valence-corrected chi connectivity index (χ3v) is 6.73. The highest BCUT2D eigenvalue weighted by Gasteiger charge is 2.44. The number of piperazine rings is 1. The fourth-order valence-electron chi connectivity index (χ4n) is 4.79. The Morgan fingerprint density at radius 1 is 0.897 bits per heavy atom. The molecule has 1 aliphatic rings. The molecule has 9 nitrogen and oxygen atoms in total. The number of carbonyl (C=O) groups is 3. The average Bonchev–Trinajstić information content (AvgIpc) is 2.95. The van der Waals surface area contributed by atoms with Crippen molar-refractivity contribution < 1.29 is 14.4 Å². The van der Waals surface area contributed by atoms with Crippen molar-refractivity contribution in [2.45, 2.75) is 37.4 Å². The highest BCUT2D eigenvalue weighted by molar-refractivity contribution is 6.10. The van der Waals surface area contributed by atoms with Gasteiger partial charge in [0.05, 0.1) is 0 Å². The van der Waals surface area contributed by atoms with E-state index in [-0.39, 0.29) is 30.9 Å². The molecule has 2 unspecified atom stereocenters. The van der Waals surface area contributed by atoms with Gasteiger partial charge in [0.25, 0.3) is 11.8 Å². The minimum atomic E-state index is -1.29. The topological polar surface area (TPSA) is 143 Å². The number of nitrogens with one attached hydrogen (secondary N) is 2. The molecule has 0 bridgehead atoms. The lowest BCUT2D eigenvalue weighted by molar-refractivity contribution is -0.155. The molecule has 1 fully saturated rings. The van der Waals surface area contributed by atoms with Gasteiger partial charge in [-0.1, -0.05) is 91.0 Å². The number of hydrogen-bond donors (Lipinski definition) is 4. The molecular formula is C30H34N6O3. The van der Waals surface area contributed by atoms with E-state index in [1.54, 1.807) is 0 Å². The van der Waals surface area contributed by atoms with Crippen LogP contribution in [0.25, 0.3) is 0 Å². The van der Waals surface area contributed by atoms with Crippen molar-refractivity contribution in [3.63, 3.8) is 0 Å². The maximum Gasteiger partial charge on any atom is 0.253 e. The molecule has 1 heterocycles. The molecule has 9 heteroatoms. The van der Waals surface area contributed by atoms with Crippen LogP contribution in [-0.4, -0.2) is 53.8 Å². The van der Waals surface area contributed by atoms with Crippen molar-refractivity contribution in [1.82, 2.24) is 15.5 Å². The number of nitrogens with two attached hydrogens (primary N) is 2. The maximum absolute atomic E-state index is 13.6. The van der Waals surface area contributed by atoms with Crippen LogP contribution < -0.4 is 22.1 Å². The van der Waals surface area contributed by atoms with E-state index in [1.165, 1.54) is 4.90 Å². The van der Waals surface area contributed by atoms with Gasteiger partial charge >= 0.3 is 0 Å². The van der Waals surface area contributed by atoms with Gasteiger partial charge in [0.15, 0.2) is 12.0 Å². The summed E-state index contributed by atoms with van der Waals surface area (Å²) in [6.45, 7) is 0.743. The molecule has 0 radical (unpaired) electrons. The fourth-order valence-corrected chi connectivity index (χ4v) is 4.79. The van der Waals surface area contributed by atoms with Gasteiger partial charge in [-0.2, -0.15) is 0 Å². The molecule has 0 aliphatic carbocycles. The highest BCUT2D eigenvalue weighted by Crippen LogP contribution is 2.24. The molecule has 6 N–H and O–H groups in total. The van der Waals surface area contributed by atoms with Crippen LogP contribution in [0.3, 0.4) is 0 Å². The van der Waals surface area contributed by atoms with Crippen molar-refractivity contribution in [2.75, 3.05) is 13.1 Å². The third kappa shape index (κ3) is 7.22. The molecule has 0 aromatic heterocycles. The van der Waals surface area contributed by atoms with E-state index in [4.69, 9.17) is 11.5 Å². The van der Waals surface area contributed by atoms with Gasteiger partial charge in [-0.05, 0) is 29.5 Å². The largest absolute Gasteiger partial charge is 0.370 e. The Morgan fingerprint density at radius 2 is 1.46 bits per heavy atom. The molecule has 2 atom stereocenters. The Hall–Kier alpha value is -4.66. The molecular weight excluding hydrogens is 492 g/mol. The fraction of sp³-hybridized carbons (Fsp3) is 0.267. The number of nitrogens with zero attached hydrogens (tertiary/aromatic N) is 2. The van der Waals surface area contributed by atoms with Gasteiger partial charge in [0.2, 0.25) is 5.91 Å². The number of rotatable bonds is 11. The first-order valence-electron chi connectivity index (χ1n) is 13.0. The summed E-state index contributed by atoms with van der Waals surface area (Å²) in [4.78, 5) is 45.7. The Labute approximate surface area is 228 Å². The summed E-state index contributed by atoms with van der Waals surface area (Å²) < 4.78 is 0. The smallest absolute Gasteiger partial charge is 0.253 e. The van der Waals surface area contributed by atoms with Crippen molar-refractivity contribution in [3.8, 4) is 0 Å². The zero-order valence-electron chi connectivity index (χ0n) is 21.7. The van der Waals surface area contributed by atoms with Crippen LogP contribution in [0.5, 0.6) is 0 Å². The maximum atomic E-state index is 13.6. The Bertz CT molecular complexity index is 1240. The van der Waals surface area contributed by atoms with E-state index in [9.17, 15) is 14.4 Å². The number of benzene rings is 3. The number of hydrogen-bond acceptors (Lipinski definition) is 4. The van der Waals surface area contributed by atoms with E-state index in [0.29, 0.717) is 19.4 Å². The molecule has 0 spiro atoms. The van der Waals surface area contributed by atoms with E-state index < -0.39 is 23.9 Å². The molecule has 39 heavy (non-hydrogen) atoms. The molecule has 1 aliphatic heterocycles. The van der Waals surface area contributed by atoms with Crippen LogP contribution in [0, 0.1) is 0 Å². The second-order valence-corrected chi connectivity index (χ2v) is 9.48. The van der Waals surface area contributed by atoms with Gasteiger partial charge in [-0.15, -0.1) is 0 Å². The molecule has 3 aromatic carbocycles. The highest BCUT2D eigenvalue weighted by atomic mass is 16.2. The number of aliphatic imine (C=N–C) groups is 1. The van der Waals surface area contributed by atoms with Crippen LogP contribution in [0.1, 0.15) is 35.4 Å². The summed E-state index contributed by atoms with van der Waals surface area (Å²) in [5, 5.41) is 5.71. The van der Waals surface area contributed by atoms with Gasteiger partial charge < -0.3 is 27.0 Å². The molecule has 4 rings (SSSR count). The summed E-state index contributed by atoms with van der Waals surface area (Å²) in [5.41, 5.74) is 13.7. The van der Waals surface area contributed by atoms with Crippen molar-refractivity contribution >= 4 is 23.7 Å². The van der Waals surface area contributed by atoms with E-state index in [2.05, 4.69) is 15.6 Å². The summed E-state index contributed by atoms with van der Waals surface area (Å²) in [6.07, 6.45) is 0.853. The molecule has 3 amide bonds.